The number of nitrogen functional groups attached to an aromatic ring is 1. The Morgan fingerprint density at radius 3 is 2.64 bits per heavy atom. The fourth-order valence-corrected chi connectivity index (χ4v) is 1.16. The molecule has 0 aliphatic rings. The molecule has 0 aliphatic carbocycles. The second-order valence-corrected chi connectivity index (χ2v) is 2.70. The highest BCUT2D eigenvalue weighted by molar-refractivity contribution is 5.60. The first-order valence-corrected chi connectivity index (χ1v) is 3.96. The number of nitrogens with two attached hydrogens (primary N) is 1. The molecule has 1 aromatic carbocycles. The Bertz CT molecular complexity index is 426. The first kappa shape index (κ1) is 9.88. The van der Waals surface area contributed by atoms with E-state index in [1.807, 2.05) is 12.1 Å². The van der Waals surface area contributed by atoms with E-state index >= 15 is 0 Å². The molecule has 0 aromatic heterocycles. The van der Waals surface area contributed by atoms with Crippen LogP contribution >= 0.6 is 0 Å². The lowest BCUT2D eigenvalue weighted by Gasteiger charge is -2.07. The summed E-state index contributed by atoms with van der Waals surface area (Å²) in [4.78, 5) is 0. The Morgan fingerprint density at radius 1 is 1.43 bits per heavy atom. The van der Waals surface area contributed by atoms with Crippen LogP contribution in [0, 0.1) is 22.7 Å². The highest BCUT2D eigenvalue weighted by Gasteiger charge is 2.07. The van der Waals surface area contributed by atoms with Crippen molar-refractivity contribution in [1.29, 1.82) is 10.5 Å². The number of anilines is 1. The molecule has 0 radical (unpaired) electrons. The number of hydrogen-bond donors (Lipinski definition) is 1. The summed E-state index contributed by atoms with van der Waals surface area (Å²) in [6, 6.07) is 7.11. The quantitative estimate of drug-likeness (QED) is 0.705. The lowest BCUT2D eigenvalue weighted by molar-refractivity contribution is 0.416. The van der Waals surface area contributed by atoms with Gasteiger partial charge in [0.25, 0.3) is 0 Å². The van der Waals surface area contributed by atoms with Gasteiger partial charge in [0, 0.05) is 6.07 Å². The normalized spacial score (nSPS) is 8.79. The van der Waals surface area contributed by atoms with Gasteiger partial charge in [-0.1, -0.05) is 0 Å². The van der Waals surface area contributed by atoms with Crippen LogP contribution in [0.2, 0.25) is 0 Å². The maximum Gasteiger partial charge on any atom is 0.143 e. The fraction of sp³-hybridized carbons (Fsp3) is 0.200. The molecule has 0 spiro atoms. The van der Waals surface area contributed by atoms with E-state index in [0.29, 0.717) is 22.6 Å². The molecule has 4 nitrogen and oxygen atoms in total. The Labute approximate surface area is 82.1 Å². The van der Waals surface area contributed by atoms with E-state index in [9.17, 15) is 0 Å². The molecule has 0 bridgehead atoms. The van der Waals surface area contributed by atoms with Gasteiger partial charge in [0.05, 0.1) is 36.9 Å². The molecule has 0 heterocycles. The minimum atomic E-state index is 0.178. The number of nitrogens with zero attached hydrogens (tertiary/aromatic N) is 2. The highest BCUT2D eigenvalue weighted by Crippen LogP contribution is 2.25. The molecule has 4 heteroatoms. The third kappa shape index (κ3) is 1.75. The summed E-state index contributed by atoms with van der Waals surface area (Å²) >= 11 is 0. The zero-order chi connectivity index (χ0) is 10.6. The number of nitriles is 2. The van der Waals surface area contributed by atoms with Gasteiger partial charge < -0.3 is 10.5 Å². The van der Waals surface area contributed by atoms with E-state index in [-0.39, 0.29) is 6.42 Å². The van der Waals surface area contributed by atoms with Crippen LogP contribution in [0.4, 0.5) is 5.69 Å². The van der Waals surface area contributed by atoms with Crippen molar-refractivity contribution in [3.63, 3.8) is 0 Å². The lowest BCUT2D eigenvalue weighted by Crippen LogP contribution is -1.97. The zero-order valence-electron chi connectivity index (χ0n) is 7.74. The van der Waals surface area contributed by atoms with Crippen LogP contribution in [-0.2, 0) is 6.42 Å². The predicted octanol–water partition coefficient (Wildman–Crippen LogP) is 1.22. The topological polar surface area (TPSA) is 82.8 Å². The number of benzene rings is 1. The SMILES string of the molecule is COc1cc(C#N)c(CC#N)cc1N. The van der Waals surface area contributed by atoms with Crippen LogP contribution in [0.1, 0.15) is 11.1 Å². The van der Waals surface area contributed by atoms with Crippen molar-refractivity contribution in [3.8, 4) is 17.9 Å². The van der Waals surface area contributed by atoms with E-state index in [2.05, 4.69) is 0 Å². The minimum Gasteiger partial charge on any atom is -0.495 e. The van der Waals surface area contributed by atoms with Gasteiger partial charge in [-0.25, -0.2) is 0 Å². The Kier molecular flexibility index (Phi) is 2.93. The molecule has 0 saturated carbocycles. The van der Waals surface area contributed by atoms with Gasteiger partial charge in [-0.2, -0.15) is 10.5 Å². The molecular weight excluding hydrogens is 178 g/mol. The summed E-state index contributed by atoms with van der Waals surface area (Å²) in [6.45, 7) is 0. The third-order valence-electron chi connectivity index (χ3n) is 1.85. The van der Waals surface area contributed by atoms with Crippen molar-refractivity contribution in [2.24, 2.45) is 0 Å². The monoisotopic (exact) mass is 187 g/mol. The summed E-state index contributed by atoms with van der Waals surface area (Å²) in [6.07, 6.45) is 0.178. The summed E-state index contributed by atoms with van der Waals surface area (Å²) in [5.74, 6) is 0.461. The predicted molar refractivity (Wildman–Crippen MR) is 51.4 cm³/mol. The van der Waals surface area contributed by atoms with E-state index in [1.165, 1.54) is 7.11 Å². The van der Waals surface area contributed by atoms with E-state index in [4.69, 9.17) is 21.0 Å². The molecule has 0 saturated heterocycles. The van der Waals surface area contributed by atoms with Crippen molar-refractivity contribution in [1.82, 2.24) is 0 Å². The van der Waals surface area contributed by atoms with Crippen LogP contribution < -0.4 is 10.5 Å². The molecule has 14 heavy (non-hydrogen) atoms. The van der Waals surface area contributed by atoms with E-state index in [0.717, 1.165) is 0 Å². The molecule has 0 unspecified atom stereocenters. The lowest BCUT2D eigenvalue weighted by atomic mass is 10.0. The number of ether oxygens (including phenoxy) is 1. The summed E-state index contributed by atoms with van der Waals surface area (Å²) in [5, 5.41) is 17.3. The third-order valence-corrected chi connectivity index (χ3v) is 1.85. The number of rotatable bonds is 2. The van der Waals surface area contributed by atoms with E-state index < -0.39 is 0 Å². The van der Waals surface area contributed by atoms with Crippen molar-refractivity contribution < 1.29 is 4.74 Å². The first-order chi connectivity index (χ1) is 6.72. The van der Waals surface area contributed by atoms with Crippen molar-refractivity contribution >= 4 is 5.69 Å². The van der Waals surface area contributed by atoms with Gasteiger partial charge >= 0.3 is 0 Å². The molecule has 0 atom stereocenters. The molecule has 70 valence electrons. The smallest absolute Gasteiger partial charge is 0.143 e. The molecule has 0 aliphatic heterocycles. The Balaban J connectivity index is 3.27. The van der Waals surface area contributed by atoms with Crippen LogP contribution in [-0.4, -0.2) is 7.11 Å². The average Bonchev–Trinajstić information content (AvgIpc) is 2.19. The standard InChI is InChI=1S/C10H9N3O/c1-14-10-5-8(6-12)7(2-3-11)4-9(10)13/h4-5H,2,13H2,1H3. The van der Waals surface area contributed by atoms with Gasteiger partial charge in [0.1, 0.15) is 5.75 Å². The molecular formula is C10H9N3O. The Hall–Kier alpha value is -2.20. The zero-order valence-corrected chi connectivity index (χ0v) is 7.74. The molecule has 0 amide bonds. The minimum absolute atomic E-state index is 0.178. The molecule has 1 rings (SSSR count). The van der Waals surface area contributed by atoms with Crippen LogP contribution in [0.3, 0.4) is 0 Å². The van der Waals surface area contributed by atoms with E-state index in [1.54, 1.807) is 12.1 Å². The van der Waals surface area contributed by atoms with Gasteiger partial charge in [0.15, 0.2) is 0 Å². The van der Waals surface area contributed by atoms with Gasteiger partial charge in [0.2, 0.25) is 0 Å². The maximum atomic E-state index is 8.80. The highest BCUT2D eigenvalue weighted by atomic mass is 16.5. The second-order valence-electron chi connectivity index (χ2n) is 2.70. The molecule has 0 fully saturated rings. The van der Waals surface area contributed by atoms with Crippen molar-refractivity contribution in [2.75, 3.05) is 12.8 Å². The molecule has 1 aromatic rings. The van der Waals surface area contributed by atoms with Crippen molar-refractivity contribution in [2.45, 2.75) is 6.42 Å². The largest absolute Gasteiger partial charge is 0.495 e. The van der Waals surface area contributed by atoms with Crippen LogP contribution in [0.5, 0.6) is 5.75 Å². The number of methoxy groups -OCH3 is 1. The maximum absolute atomic E-state index is 8.80. The Morgan fingerprint density at radius 2 is 2.14 bits per heavy atom. The second kappa shape index (κ2) is 4.15. The fourth-order valence-electron chi connectivity index (χ4n) is 1.16. The van der Waals surface area contributed by atoms with Crippen molar-refractivity contribution in [3.05, 3.63) is 23.3 Å². The van der Waals surface area contributed by atoms with Gasteiger partial charge in [-0.3, -0.25) is 0 Å². The summed E-state index contributed by atoms with van der Waals surface area (Å²) < 4.78 is 4.96. The van der Waals surface area contributed by atoms with Crippen LogP contribution in [0.15, 0.2) is 12.1 Å². The molecule has 2 N–H and O–H groups in total. The first-order valence-electron chi connectivity index (χ1n) is 3.96. The van der Waals surface area contributed by atoms with Gasteiger partial charge in [-0.15, -0.1) is 0 Å². The number of hydrogen-bond acceptors (Lipinski definition) is 4. The summed E-state index contributed by atoms with van der Waals surface area (Å²) in [5.41, 5.74) is 7.14. The van der Waals surface area contributed by atoms with Gasteiger partial charge in [-0.05, 0) is 11.6 Å². The van der Waals surface area contributed by atoms with Crippen LogP contribution in [0.25, 0.3) is 0 Å². The average molecular weight is 187 g/mol. The summed E-state index contributed by atoms with van der Waals surface area (Å²) in [7, 11) is 1.48.